The van der Waals surface area contributed by atoms with E-state index >= 15 is 0 Å². The number of sulfonamides is 1. The van der Waals surface area contributed by atoms with Crippen LogP contribution in [-0.2, 0) is 10.0 Å². The molecule has 0 heterocycles. The molecule has 0 amide bonds. The van der Waals surface area contributed by atoms with Crippen LogP contribution in [0.15, 0.2) is 47.4 Å². The molecule has 0 saturated carbocycles. The Morgan fingerprint density at radius 3 is 2.35 bits per heavy atom. The van der Waals surface area contributed by atoms with Crippen LogP contribution in [0.25, 0.3) is 0 Å². The van der Waals surface area contributed by atoms with E-state index in [1.165, 1.54) is 42.5 Å². The Kier molecular flexibility index (Phi) is 3.63. The molecule has 0 radical (unpaired) electrons. The number of nitrogens with one attached hydrogen (secondary N) is 1. The fourth-order valence-corrected chi connectivity index (χ4v) is 2.81. The molecule has 0 fully saturated rings. The molecule has 0 unspecified atom stereocenters. The molecule has 0 aliphatic carbocycles. The maximum atomic E-state index is 12.2. The summed E-state index contributed by atoms with van der Waals surface area (Å²) in [6.45, 7) is 1.69. The fraction of sp³-hybridized carbons (Fsp3) is 0.0714. The first-order valence-electron chi connectivity index (χ1n) is 5.75. The Bertz CT molecular complexity index is 775. The van der Waals surface area contributed by atoms with Gasteiger partial charge in [-0.3, -0.25) is 4.72 Å². The summed E-state index contributed by atoms with van der Waals surface area (Å²) in [5, 5.41) is 18.0. The summed E-state index contributed by atoms with van der Waals surface area (Å²) < 4.78 is 26.8. The van der Waals surface area contributed by atoms with E-state index in [9.17, 15) is 13.5 Å². The highest BCUT2D eigenvalue weighted by Crippen LogP contribution is 2.23. The lowest BCUT2D eigenvalue weighted by Gasteiger charge is -2.10. The van der Waals surface area contributed by atoms with E-state index in [-0.39, 0.29) is 10.6 Å². The number of aryl methyl sites for hydroxylation is 1. The molecule has 0 atom stereocenters. The molecule has 0 aromatic heterocycles. The number of anilines is 1. The van der Waals surface area contributed by atoms with Crippen LogP contribution in [0, 0.1) is 18.3 Å². The number of hydrogen-bond acceptors (Lipinski definition) is 4. The third kappa shape index (κ3) is 2.90. The third-order valence-electron chi connectivity index (χ3n) is 2.75. The molecule has 5 nitrogen and oxygen atoms in total. The Hall–Kier alpha value is -2.52. The Labute approximate surface area is 117 Å². The predicted molar refractivity (Wildman–Crippen MR) is 74.8 cm³/mol. The second kappa shape index (κ2) is 5.23. The van der Waals surface area contributed by atoms with Crippen molar-refractivity contribution in [3.8, 4) is 11.8 Å². The van der Waals surface area contributed by atoms with Gasteiger partial charge in [0.15, 0.2) is 0 Å². The second-order valence-electron chi connectivity index (χ2n) is 4.24. The van der Waals surface area contributed by atoms with Crippen LogP contribution >= 0.6 is 0 Å². The van der Waals surface area contributed by atoms with Gasteiger partial charge in [-0.2, -0.15) is 5.26 Å². The normalized spacial score (nSPS) is 10.8. The van der Waals surface area contributed by atoms with E-state index in [0.29, 0.717) is 16.8 Å². The Balaban J connectivity index is 2.33. The predicted octanol–water partition coefficient (Wildman–Crippen LogP) is 2.37. The minimum atomic E-state index is -3.71. The van der Waals surface area contributed by atoms with Crippen LogP contribution in [0.2, 0.25) is 0 Å². The first-order valence-corrected chi connectivity index (χ1v) is 7.23. The van der Waals surface area contributed by atoms with Crippen molar-refractivity contribution in [1.29, 1.82) is 5.26 Å². The maximum absolute atomic E-state index is 12.2. The number of aromatic hydroxyl groups is 1. The van der Waals surface area contributed by atoms with E-state index in [1.54, 1.807) is 6.92 Å². The van der Waals surface area contributed by atoms with Gasteiger partial charge in [0.2, 0.25) is 0 Å². The van der Waals surface area contributed by atoms with Gasteiger partial charge in [-0.1, -0.05) is 0 Å². The molecule has 2 rings (SSSR count). The number of phenols is 1. The summed E-state index contributed by atoms with van der Waals surface area (Å²) >= 11 is 0. The van der Waals surface area contributed by atoms with Crippen molar-refractivity contribution in [2.75, 3.05) is 4.72 Å². The monoisotopic (exact) mass is 288 g/mol. The molecular weight excluding hydrogens is 276 g/mol. The van der Waals surface area contributed by atoms with Crippen molar-refractivity contribution < 1.29 is 13.5 Å². The van der Waals surface area contributed by atoms with Gasteiger partial charge in [-0.05, 0) is 55.0 Å². The molecule has 6 heteroatoms. The molecule has 2 aromatic carbocycles. The zero-order valence-corrected chi connectivity index (χ0v) is 11.5. The van der Waals surface area contributed by atoms with Gasteiger partial charge in [0.25, 0.3) is 10.0 Å². The first kappa shape index (κ1) is 13.9. The molecule has 0 saturated heterocycles. The Morgan fingerprint density at radius 2 is 1.80 bits per heavy atom. The van der Waals surface area contributed by atoms with Gasteiger partial charge >= 0.3 is 0 Å². The number of phenolic OH excluding ortho intramolecular Hbond substituents is 1. The van der Waals surface area contributed by atoms with Crippen molar-refractivity contribution in [3.63, 3.8) is 0 Å². The highest BCUT2D eigenvalue weighted by molar-refractivity contribution is 7.92. The number of hydrogen-bond donors (Lipinski definition) is 2. The van der Waals surface area contributed by atoms with Crippen LogP contribution in [0.1, 0.15) is 11.1 Å². The van der Waals surface area contributed by atoms with Gasteiger partial charge in [0, 0.05) is 0 Å². The molecule has 20 heavy (non-hydrogen) atoms. The van der Waals surface area contributed by atoms with Crippen molar-refractivity contribution in [3.05, 3.63) is 53.6 Å². The van der Waals surface area contributed by atoms with Crippen molar-refractivity contribution in [1.82, 2.24) is 0 Å². The van der Waals surface area contributed by atoms with Gasteiger partial charge in [-0.15, -0.1) is 0 Å². The topological polar surface area (TPSA) is 90.2 Å². The van der Waals surface area contributed by atoms with Gasteiger partial charge < -0.3 is 5.11 Å². The molecule has 0 spiro atoms. The number of nitrogens with zero attached hydrogens (tertiary/aromatic N) is 1. The summed E-state index contributed by atoms with van der Waals surface area (Å²) in [5.74, 6) is 0.0730. The average molecular weight is 288 g/mol. The molecule has 2 aromatic rings. The summed E-state index contributed by atoms with van der Waals surface area (Å²) in [6.07, 6.45) is 0. The van der Waals surface area contributed by atoms with Crippen LogP contribution in [0.5, 0.6) is 5.75 Å². The number of nitriles is 1. The first-order chi connectivity index (χ1) is 9.42. The maximum Gasteiger partial charge on any atom is 0.261 e. The average Bonchev–Trinajstić information content (AvgIpc) is 2.42. The van der Waals surface area contributed by atoms with Crippen LogP contribution in [0.4, 0.5) is 5.69 Å². The number of rotatable bonds is 3. The summed E-state index contributed by atoms with van der Waals surface area (Å²) in [7, 11) is -3.71. The Morgan fingerprint density at radius 1 is 1.15 bits per heavy atom. The van der Waals surface area contributed by atoms with Gasteiger partial charge in [0.1, 0.15) is 5.75 Å². The highest BCUT2D eigenvalue weighted by atomic mass is 32.2. The van der Waals surface area contributed by atoms with Gasteiger partial charge in [-0.25, -0.2) is 8.42 Å². The van der Waals surface area contributed by atoms with Crippen molar-refractivity contribution in [2.24, 2.45) is 0 Å². The zero-order chi connectivity index (χ0) is 14.8. The van der Waals surface area contributed by atoms with E-state index in [4.69, 9.17) is 5.26 Å². The fourth-order valence-electron chi connectivity index (χ4n) is 1.67. The van der Waals surface area contributed by atoms with E-state index < -0.39 is 10.0 Å². The molecule has 0 aliphatic rings. The van der Waals surface area contributed by atoms with Crippen molar-refractivity contribution in [2.45, 2.75) is 11.8 Å². The smallest absolute Gasteiger partial charge is 0.261 e. The highest BCUT2D eigenvalue weighted by Gasteiger charge is 2.15. The van der Waals surface area contributed by atoms with E-state index in [1.807, 2.05) is 6.07 Å². The van der Waals surface area contributed by atoms with E-state index in [2.05, 4.69) is 4.72 Å². The molecule has 102 valence electrons. The SMILES string of the molecule is Cc1cc(O)ccc1NS(=O)(=O)c1ccc(C#N)cc1. The lowest BCUT2D eigenvalue weighted by atomic mass is 10.2. The third-order valence-corrected chi connectivity index (χ3v) is 4.13. The van der Waals surface area contributed by atoms with Gasteiger partial charge in [0.05, 0.1) is 22.2 Å². The quantitative estimate of drug-likeness (QED) is 0.848. The summed E-state index contributed by atoms with van der Waals surface area (Å²) in [5.41, 5.74) is 1.40. The van der Waals surface area contributed by atoms with Crippen LogP contribution in [-0.4, -0.2) is 13.5 Å². The van der Waals surface area contributed by atoms with Crippen LogP contribution < -0.4 is 4.72 Å². The molecule has 0 aliphatic heterocycles. The molecular formula is C14H12N2O3S. The lowest BCUT2D eigenvalue weighted by molar-refractivity contribution is 0.475. The van der Waals surface area contributed by atoms with Crippen molar-refractivity contribution >= 4 is 15.7 Å². The standard InChI is InChI=1S/C14H12N2O3S/c1-10-8-12(17)4-7-14(10)16-20(18,19)13-5-2-11(9-15)3-6-13/h2-8,16-17H,1H3. The lowest BCUT2D eigenvalue weighted by Crippen LogP contribution is -2.13. The summed E-state index contributed by atoms with van der Waals surface area (Å²) in [6, 6.07) is 11.9. The molecule has 0 bridgehead atoms. The zero-order valence-electron chi connectivity index (χ0n) is 10.7. The minimum absolute atomic E-state index is 0.0730. The van der Waals surface area contributed by atoms with E-state index in [0.717, 1.165) is 0 Å². The largest absolute Gasteiger partial charge is 0.508 e. The number of benzene rings is 2. The van der Waals surface area contributed by atoms with Crippen LogP contribution in [0.3, 0.4) is 0 Å². The second-order valence-corrected chi connectivity index (χ2v) is 5.92. The summed E-state index contributed by atoms with van der Waals surface area (Å²) in [4.78, 5) is 0.0731. The molecule has 2 N–H and O–H groups in total. The minimum Gasteiger partial charge on any atom is -0.508 e.